The van der Waals surface area contributed by atoms with Crippen LogP contribution in [0.2, 0.25) is 0 Å². The van der Waals surface area contributed by atoms with Gasteiger partial charge in [-0.25, -0.2) is 0 Å². The van der Waals surface area contributed by atoms with Gasteiger partial charge in [0.1, 0.15) is 6.04 Å². The lowest BCUT2D eigenvalue weighted by Crippen LogP contribution is -2.32. The highest BCUT2D eigenvalue weighted by molar-refractivity contribution is 5.85. The van der Waals surface area contributed by atoms with Crippen molar-refractivity contribution in [3.8, 4) is 0 Å². The number of hydrogen-bond acceptors (Lipinski definition) is 2. The van der Waals surface area contributed by atoms with E-state index in [1.54, 1.807) is 6.92 Å². The van der Waals surface area contributed by atoms with Crippen molar-refractivity contribution in [3.63, 3.8) is 0 Å². The Balaban J connectivity index is 0. The second-order valence-corrected chi connectivity index (χ2v) is 2.44. The molecule has 0 saturated heterocycles. The lowest BCUT2D eigenvalue weighted by atomic mass is 10.0. The van der Waals surface area contributed by atoms with Crippen LogP contribution in [0.1, 0.15) is 13.3 Å². The van der Waals surface area contributed by atoms with Gasteiger partial charge in [0, 0.05) is 0 Å². The minimum Gasteiger partial charge on any atom is -0.480 e. The van der Waals surface area contributed by atoms with Crippen LogP contribution in [-0.2, 0) is 4.79 Å². The maximum absolute atomic E-state index is 11.8. The summed E-state index contributed by atoms with van der Waals surface area (Å²) in [4.78, 5) is 10.1. The number of carboxylic acid groups (broad SMARTS) is 1. The molecule has 0 rings (SSSR count). The van der Waals surface area contributed by atoms with Crippen molar-refractivity contribution in [2.24, 2.45) is 11.7 Å². The molecule has 0 aromatic heterocycles. The van der Waals surface area contributed by atoms with Crippen LogP contribution in [0, 0.1) is 5.92 Å². The molecule has 68 valence electrons. The second kappa shape index (κ2) is 6.37. The molecular formula is C6H13ClFNO2. The fourth-order valence-corrected chi connectivity index (χ4v) is 0.597. The summed E-state index contributed by atoms with van der Waals surface area (Å²) in [5.41, 5.74) is 5.13. The minimum atomic E-state index is -1.07. The molecule has 0 fully saturated rings. The molecule has 3 nitrogen and oxygen atoms in total. The molecule has 11 heavy (non-hydrogen) atoms. The van der Waals surface area contributed by atoms with Gasteiger partial charge in [0.05, 0.1) is 6.67 Å². The Morgan fingerprint density at radius 2 is 2.18 bits per heavy atom. The third kappa shape index (κ3) is 6.06. The third-order valence-corrected chi connectivity index (χ3v) is 1.24. The average molecular weight is 186 g/mol. The van der Waals surface area contributed by atoms with Crippen LogP contribution >= 0.6 is 12.4 Å². The second-order valence-electron chi connectivity index (χ2n) is 2.44. The van der Waals surface area contributed by atoms with Crippen molar-refractivity contribution in [1.82, 2.24) is 0 Å². The van der Waals surface area contributed by atoms with E-state index in [2.05, 4.69) is 0 Å². The van der Waals surface area contributed by atoms with E-state index in [4.69, 9.17) is 10.8 Å². The monoisotopic (exact) mass is 185 g/mol. The van der Waals surface area contributed by atoms with Crippen LogP contribution < -0.4 is 5.73 Å². The lowest BCUT2D eigenvalue weighted by molar-refractivity contribution is -0.138. The summed E-state index contributed by atoms with van der Waals surface area (Å²) in [6, 6.07) is -0.925. The Bertz CT molecular complexity index is 123. The molecule has 0 heterocycles. The van der Waals surface area contributed by atoms with Gasteiger partial charge >= 0.3 is 5.97 Å². The zero-order valence-corrected chi connectivity index (χ0v) is 7.10. The van der Waals surface area contributed by atoms with E-state index in [0.717, 1.165) is 0 Å². The number of hydrogen-bond donors (Lipinski definition) is 2. The molecule has 0 aromatic rings. The maximum Gasteiger partial charge on any atom is 0.320 e. The highest BCUT2D eigenvalue weighted by atomic mass is 35.5. The van der Waals surface area contributed by atoms with Crippen molar-refractivity contribution >= 4 is 18.4 Å². The van der Waals surface area contributed by atoms with Crippen LogP contribution in [0.15, 0.2) is 0 Å². The largest absolute Gasteiger partial charge is 0.480 e. The smallest absolute Gasteiger partial charge is 0.320 e. The fraction of sp³-hybridized carbons (Fsp3) is 0.833. The first-order valence-electron chi connectivity index (χ1n) is 3.12. The van der Waals surface area contributed by atoms with Crippen molar-refractivity contribution in [2.75, 3.05) is 6.67 Å². The zero-order chi connectivity index (χ0) is 8.15. The predicted molar refractivity (Wildman–Crippen MR) is 42.6 cm³/mol. The molecule has 0 saturated carbocycles. The number of carboxylic acids is 1. The van der Waals surface area contributed by atoms with Crippen LogP contribution in [0.4, 0.5) is 4.39 Å². The number of aliphatic carboxylic acids is 1. The van der Waals surface area contributed by atoms with Gasteiger partial charge < -0.3 is 10.8 Å². The Morgan fingerprint density at radius 3 is 2.45 bits per heavy atom. The first kappa shape index (κ1) is 13.3. The molecule has 0 radical (unpaired) electrons. The summed E-state index contributed by atoms with van der Waals surface area (Å²) in [5, 5.41) is 8.28. The van der Waals surface area contributed by atoms with Crippen molar-refractivity contribution < 1.29 is 14.3 Å². The van der Waals surface area contributed by atoms with Gasteiger partial charge in [0.25, 0.3) is 0 Å². The number of nitrogens with two attached hydrogens (primary N) is 1. The summed E-state index contributed by atoms with van der Waals surface area (Å²) in [7, 11) is 0. The molecule has 0 bridgehead atoms. The topological polar surface area (TPSA) is 63.3 Å². The van der Waals surface area contributed by atoms with Gasteiger partial charge in [-0.1, -0.05) is 6.92 Å². The number of rotatable bonds is 4. The highest BCUT2D eigenvalue weighted by Crippen LogP contribution is 2.04. The highest BCUT2D eigenvalue weighted by Gasteiger charge is 2.14. The van der Waals surface area contributed by atoms with E-state index in [1.165, 1.54) is 0 Å². The molecular weight excluding hydrogens is 173 g/mol. The van der Waals surface area contributed by atoms with Crippen LogP contribution in [0.25, 0.3) is 0 Å². The SMILES string of the molecule is CC(CF)C[C@H](N)C(=O)O.Cl. The quantitative estimate of drug-likeness (QED) is 0.682. The Labute approximate surface area is 71.2 Å². The van der Waals surface area contributed by atoms with Gasteiger partial charge in [0.15, 0.2) is 0 Å². The molecule has 1 unspecified atom stereocenters. The Hall–Kier alpha value is -0.350. The van der Waals surface area contributed by atoms with Crippen molar-refractivity contribution in [2.45, 2.75) is 19.4 Å². The normalized spacial score (nSPS) is 14.8. The predicted octanol–water partition coefficient (Wildman–Crippen LogP) is 0.816. The van der Waals surface area contributed by atoms with Crippen LogP contribution in [0.5, 0.6) is 0 Å². The molecule has 0 spiro atoms. The maximum atomic E-state index is 11.8. The molecule has 0 aromatic carbocycles. The first-order valence-corrected chi connectivity index (χ1v) is 3.12. The number of alkyl halides is 1. The minimum absolute atomic E-state index is 0. The summed E-state index contributed by atoms with van der Waals surface area (Å²) in [6.45, 7) is 1.11. The van der Waals surface area contributed by atoms with Crippen molar-refractivity contribution in [3.05, 3.63) is 0 Å². The zero-order valence-electron chi connectivity index (χ0n) is 6.29. The number of halogens is 2. The fourth-order valence-electron chi connectivity index (χ4n) is 0.597. The molecule has 3 N–H and O–H groups in total. The van der Waals surface area contributed by atoms with Gasteiger partial charge in [-0.05, 0) is 12.3 Å². The Morgan fingerprint density at radius 1 is 1.73 bits per heavy atom. The third-order valence-electron chi connectivity index (χ3n) is 1.24. The first-order chi connectivity index (χ1) is 4.57. The van der Waals surface area contributed by atoms with E-state index in [0.29, 0.717) is 0 Å². The van der Waals surface area contributed by atoms with Gasteiger partial charge in [-0.3, -0.25) is 9.18 Å². The standard InChI is InChI=1S/C6H12FNO2.ClH/c1-4(3-7)2-5(8)6(9)10;/h4-5H,2-3,8H2,1H3,(H,9,10);1H/t4?,5-;/m0./s1. The average Bonchev–Trinajstić information content (AvgIpc) is 1.87. The molecule has 2 atom stereocenters. The van der Waals surface area contributed by atoms with E-state index < -0.39 is 18.7 Å². The van der Waals surface area contributed by atoms with Gasteiger partial charge in [-0.2, -0.15) is 0 Å². The van der Waals surface area contributed by atoms with E-state index in [-0.39, 0.29) is 24.7 Å². The summed E-state index contributed by atoms with van der Waals surface area (Å²) >= 11 is 0. The van der Waals surface area contributed by atoms with E-state index in [9.17, 15) is 9.18 Å². The summed E-state index contributed by atoms with van der Waals surface area (Å²) in [6.07, 6.45) is 0.200. The lowest BCUT2D eigenvalue weighted by Gasteiger charge is -2.09. The number of carbonyl (C=O) groups is 1. The van der Waals surface area contributed by atoms with E-state index >= 15 is 0 Å². The van der Waals surface area contributed by atoms with E-state index in [1.807, 2.05) is 0 Å². The van der Waals surface area contributed by atoms with Crippen molar-refractivity contribution in [1.29, 1.82) is 0 Å². The van der Waals surface area contributed by atoms with Crippen LogP contribution in [0.3, 0.4) is 0 Å². The molecule has 5 heteroatoms. The molecule has 0 aliphatic rings. The Kier molecular flexibility index (Phi) is 7.67. The summed E-state index contributed by atoms with van der Waals surface area (Å²) in [5.74, 6) is -1.33. The summed E-state index contributed by atoms with van der Waals surface area (Å²) < 4.78 is 11.8. The van der Waals surface area contributed by atoms with Gasteiger partial charge in [0.2, 0.25) is 0 Å². The van der Waals surface area contributed by atoms with Crippen LogP contribution in [-0.4, -0.2) is 23.8 Å². The molecule has 0 aliphatic carbocycles. The van der Waals surface area contributed by atoms with Gasteiger partial charge in [-0.15, -0.1) is 12.4 Å². The molecule has 0 aliphatic heterocycles. The molecule has 0 amide bonds.